The van der Waals surface area contributed by atoms with E-state index < -0.39 is 11.7 Å². The number of rotatable bonds is 3. The Labute approximate surface area is 113 Å². The third-order valence-electron chi connectivity index (χ3n) is 3.41. The van der Waals surface area contributed by atoms with Crippen LogP contribution in [0.4, 0.5) is 19.0 Å². The summed E-state index contributed by atoms with van der Waals surface area (Å²) >= 11 is 0. The van der Waals surface area contributed by atoms with Crippen LogP contribution in [0.2, 0.25) is 0 Å². The molecule has 0 bridgehead atoms. The molecule has 1 saturated carbocycles. The standard InChI is InChI=1S/C13H13F3N4/c14-13(15,16)10-4-2-1-3-9(10)7-20-11(8-5-6-8)12(17)18-19-20/h1-4,8H,5-7,17H2. The molecule has 0 radical (unpaired) electrons. The molecule has 0 unspecified atom stereocenters. The fourth-order valence-corrected chi connectivity index (χ4v) is 2.32. The van der Waals surface area contributed by atoms with Crippen molar-refractivity contribution >= 4 is 5.82 Å². The van der Waals surface area contributed by atoms with E-state index in [1.807, 2.05) is 0 Å². The SMILES string of the molecule is Nc1nnn(Cc2ccccc2C(F)(F)F)c1C1CC1. The maximum atomic E-state index is 13.0. The summed E-state index contributed by atoms with van der Waals surface area (Å²) in [6.07, 6.45) is -2.40. The molecule has 1 aliphatic rings. The molecule has 2 aromatic rings. The predicted molar refractivity (Wildman–Crippen MR) is 67.0 cm³/mol. The van der Waals surface area contributed by atoms with E-state index in [0.717, 1.165) is 24.6 Å². The maximum Gasteiger partial charge on any atom is 0.416 e. The average Bonchev–Trinajstić information content (AvgIpc) is 3.14. The minimum atomic E-state index is -4.37. The van der Waals surface area contributed by atoms with E-state index in [9.17, 15) is 13.2 Å². The molecule has 20 heavy (non-hydrogen) atoms. The van der Waals surface area contributed by atoms with Gasteiger partial charge < -0.3 is 5.73 Å². The van der Waals surface area contributed by atoms with Gasteiger partial charge >= 0.3 is 6.18 Å². The van der Waals surface area contributed by atoms with Gasteiger partial charge in [-0.2, -0.15) is 13.2 Å². The Morgan fingerprint density at radius 3 is 2.60 bits per heavy atom. The van der Waals surface area contributed by atoms with Crippen molar-refractivity contribution in [2.75, 3.05) is 5.73 Å². The second kappa shape index (κ2) is 4.50. The molecule has 7 heteroatoms. The van der Waals surface area contributed by atoms with Gasteiger partial charge in [-0.3, -0.25) is 0 Å². The summed E-state index contributed by atoms with van der Waals surface area (Å²) in [4.78, 5) is 0. The van der Waals surface area contributed by atoms with E-state index in [2.05, 4.69) is 10.3 Å². The largest absolute Gasteiger partial charge is 0.416 e. The van der Waals surface area contributed by atoms with Gasteiger partial charge in [0.1, 0.15) is 0 Å². The highest BCUT2D eigenvalue weighted by atomic mass is 19.4. The molecule has 2 N–H and O–H groups in total. The Kier molecular flexibility index (Phi) is 2.92. The molecule has 0 saturated heterocycles. The van der Waals surface area contributed by atoms with Crippen LogP contribution in [-0.4, -0.2) is 15.0 Å². The lowest BCUT2D eigenvalue weighted by Crippen LogP contribution is -2.13. The monoisotopic (exact) mass is 282 g/mol. The predicted octanol–water partition coefficient (Wildman–Crippen LogP) is 2.80. The molecule has 1 fully saturated rings. The highest BCUT2D eigenvalue weighted by molar-refractivity contribution is 5.39. The zero-order chi connectivity index (χ0) is 14.3. The normalized spacial score (nSPS) is 15.6. The number of nitrogen functional groups attached to an aromatic ring is 1. The number of anilines is 1. The Bertz CT molecular complexity index is 629. The molecular formula is C13H13F3N4. The number of nitrogens with two attached hydrogens (primary N) is 1. The summed E-state index contributed by atoms with van der Waals surface area (Å²) < 4.78 is 40.4. The minimum Gasteiger partial charge on any atom is -0.381 e. The van der Waals surface area contributed by atoms with E-state index in [-0.39, 0.29) is 18.0 Å². The van der Waals surface area contributed by atoms with Gasteiger partial charge in [0.05, 0.1) is 17.8 Å². The van der Waals surface area contributed by atoms with E-state index in [1.54, 1.807) is 6.07 Å². The second-order valence-corrected chi connectivity index (χ2v) is 4.95. The molecule has 1 aliphatic carbocycles. The van der Waals surface area contributed by atoms with Crippen molar-refractivity contribution in [3.63, 3.8) is 0 Å². The van der Waals surface area contributed by atoms with Crippen molar-refractivity contribution in [1.82, 2.24) is 15.0 Å². The molecule has 0 spiro atoms. The third-order valence-corrected chi connectivity index (χ3v) is 3.41. The molecule has 3 rings (SSSR count). The summed E-state index contributed by atoms with van der Waals surface area (Å²) in [6, 6.07) is 5.50. The summed E-state index contributed by atoms with van der Waals surface area (Å²) in [5.74, 6) is 0.597. The van der Waals surface area contributed by atoms with Crippen LogP contribution in [0.5, 0.6) is 0 Å². The molecule has 0 atom stereocenters. The molecule has 0 aliphatic heterocycles. The zero-order valence-electron chi connectivity index (χ0n) is 10.6. The lowest BCUT2D eigenvalue weighted by Gasteiger charge is -2.13. The topological polar surface area (TPSA) is 56.7 Å². The molecule has 0 amide bonds. The van der Waals surface area contributed by atoms with E-state index in [1.165, 1.54) is 16.8 Å². The van der Waals surface area contributed by atoms with Crippen molar-refractivity contribution in [2.24, 2.45) is 0 Å². The minimum absolute atomic E-state index is 0.0334. The quantitative estimate of drug-likeness (QED) is 0.941. The van der Waals surface area contributed by atoms with Gasteiger partial charge in [-0.05, 0) is 24.5 Å². The van der Waals surface area contributed by atoms with Gasteiger partial charge in [-0.1, -0.05) is 23.4 Å². The number of alkyl halides is 3. The van der Waals surface area contributed by atoms with Crippen LogP contribution in [0.25, 0.3) is 0 Å². The van der Waals surface area contributed by atoms with Crippen molar-refractivity contribution in [3.8, 4) is 0 Å². The van der Waals surface area contributed by atoms with Crippen LogP contribution >= 0.6 is 0 Å². The molecular weight excluding hydrogens is 269 g/mol. The van der Waals surface area contributed by atoms with E-state index >= 15 is 0 Å². The Morgan fingerprint density at radius 1 is 1.25 bits per heavy atom. The highest BCUT2D eigenvalue weighted by Gasteiger charge is 2.34. The Morgan fingerprint density at radius 2 is 1.95 bits per heavy atom. The summed E-state index contributed by atoms with van der Waals surface area (Å²) in [5.41, 5.74) is 6.03. The van der Waals surface area contributed by atoms with Gasteiger partial charge in [0.2, 0.25) is 0 Å². The van der Waals surface area contributed by atoms with Gasteiger partial charge in [0, 0.05) is 5.92 Å². The number of hydrogen-bond donors (Lipinski definition) is 1. The summed E-state index contributed by atoms with van der Waals surface area (Å²) in [5, 5.41) is 7.65. The van der Waals surface area contributed by atoms with E-state index in [0.29, 0.717) is 5.82 Å². The second-order valence-electron chi connectivity index (χ2n) is 4.95. The molecule has 1 aromatic heterocycles. The fraction of sp³-hybridized carbons (Fsp3) is 0.385. The van der Waals surface area contributed by atoms with Gasteiger partial charge in [-0.25, -0.2) is 4.68 Å². The first kappa shape index (κ1) is 13.0. The number of halogens is 3. The van der Waals surface area contributed by atoms with Crippen LogP contribution in [0, 0.1) is 0 Å². The zero-order valence-corrected chi connectivity index (χ0v) is 10.6. The Balaban J connectivity index is 1.96. The van der Waals surface area contributed by atoms with Crippen LogP contribution in [-0.2, 0) is 12.7 Å². The van der Waals surface area contributed by atoms with E-state index in [4.69, 9.17) is 5.73 Å². The first-order chi connectivity index (χ1) is 9.47. The first-order valence-corrected chi connectivity index (χ1v) is 6.31. The smallest absolute Gasteiger partial charge is 0.381 e. The number of nitrogens with zero attached hydrogens (tertiary/aromatic N) is 3. The highest BCUT2D eigenvalue weighted by Crippen LogP contribution is 2.42. The summed E-state index contributed by atoms with van der Waals surface area (Å²) in [6.45, 7) is 0.0334. The average molecular weight is 282 g/mol. The lowest BCUT2D eigenvalue weighted by atomic mass is 10.1. The fourth-order valence-electron chi connectivity index (χ4n) is 2.32. The van der Waals surface area contributed by atoms with Crippen molar-refractivity contribution in [1.29, 1.82) is 0 Å². The molecule has 4 nitrogen and oxygen atoms in total. The summed E-state index contributed by atoms with van der Waals surface area (Å²) in [7, 11) is 0. The van der Waals surface area contributed by atoms with Crippen LogP contribution in [0.3, 0.4) is 0 Å². The number of benzene rings is 1. The number of hydrogen-bond acceptors (Lipinski definition) is 3. The van der Waals surface area contributed by atoms with Crippen LogP contribution in [0.1, 0.15) is 35.6 Å². The molecule has 1 heterocycles. The van der Waals surface area contributed by atoms with Gasteiger partial charge in [0.15, 0.2) is 5.82 Å². The van der Waals surface area contributed by atoms with Crippen LogP contribution < -0.4 is 5.73 Å². The number of aromatic nitrogens is 3. The van der Waals surface area contributed by atoms with Crippen molar-refractivity contribution < 1.29 is 13.2 Å². The molecule has 1 aromatic carbocycles. The Hall–Kier alpha value is -2.05. The maximum absolute atomic E-state index is 13.0. The lowest BCUT2D eigenvalue weighted by molar-refractivity contribution is -0.138. The van der Waals surface area contributed by atoms with Gasteiger partial charge in [0.25, 0.3) is 0 Å². The van der Waals surface area contributed by atoms with Crippen molar-refractivity contribution in [2.45, 2.75) is 31.5 Å². The first-order valence-electron chi connectivity index (χ1n) is 6.31. The van der Waals surface area contributed by atoms with Crippen LogP contribution in [0.15, 0.2) is 24.3 Å². The molecule has 106 valence electrons. The van der Waals surface area contributed by atoms with Crippen molar-refractivity contribution in [3.05, 3.63) is 41.1 Å². The van der Waals surface area contributed by atoms with Gasteiger partial charge in [-0.15, -0.1) is 5.10 Å². The third kappa shape index (κ3) is 2.35.